The molecule has 192 valence electrons. The van der Waals surface area contributed by atoms with Crippen LogP contribution in [0.5, 0.6) is 0 Å². The monoisotopic (exact) mass is 506 g/mol. The first kappa shape index (κ1) is 31.7. The zero-order valence-corrected chi connectivity index (χ0v) is 22.5. The Bertz CT molecular complexity index is 546. The lowest BCUT2D eigenvalue weighted by Crippen LogP contribution is -2.44. The third kappa shape index (κ3) is 18.7. The molecule has 0 bridgehead atoms. The Hall–Kier alpha value is -1.35. The molecule has 0 aromatic carbocycles. The largest absolute Gasteiger partial charge is 0.460 e. The van der Waals surface area contributed by atoms with E-state index in [4.69, 9.17) is 23.1 Å². The van der Waals surface area contributed by atoms with Crippen LogP contribution in [0.15, 0.2) is 25.3 Å². The van der Waals surface area contributed by atoms with Crippen LogP contribution in [0.1, 0.15) is 12.8 Å². The van der Waals surface area contributed by atoms with Crippen molar-refractivity contribution >= 4 is 28.6 Å². The highest BCUT2D eigenvalue weighted by molar-refractivity contribution is 6.84. The SMILES string of the molecule is C=CC(=O)OCC(O)COCCC[Si](C)(C)O[Si](C)(C)CCCOCC(O)COC(=O)C=C. The van der Waals surface area contributed by atoms with Crippen molar-refractivity contribution in [2.24, 2.45) is 0 Å². The Morgan fingerprint density at radius 3 is 1.45 bits per heavy atom. The van der Waals surface area contributed by atoms with Gasteiger partial charge < -0.3 is 33.3 Å². The predicted octanol–water partition coefficient (Wildman–Crippen LogP) is 2.41. The summed E-state index contributed by atoms with van der Waals surface area (Å²) in [7, 11) is -3.72. The molecule has 0 saturated heterocycles. The average molecular weight is 507 g/mol. The first-order valence-electron chi connectivity index (χ1n) is 11.2. The van der Waals surface area contributed by atoms with Gasteiger partial charge in [0.2, 0.25) is 0 Å². The highest BCUT2D eigenvalue weighted by atomic mass is 28.4. The van der Waals surface area contributed by atoms with E-state index in [0.717, 1.165) is 37.1 Å². The van der Waals surface area contributed by atoms with E-state index in [9.17, 15) is 19.8 Å². The molecule has 0 aromatic rings. The standard InChI is InChI=1S/C22H42O9Si2/c1-7-21(25)29-17-19(23)15-27-11-9-13-32(3,4)31-33(5,6)14-10-12-28-16-20(24)18-30-22(26)8-2/h7-8,19-20,23-24H,1-2,9-18H2,3-6H3. The minimum atomic E-state index is -1.86. The van der Waals surface area contributed by atoms with Gasteiger partial charge in [-0.2, -0.15) is 0 Å². The summed E-state index contributed by atoms with van der Waals surface area (Å²) in [5.74, 6) is -1.14. The molecule has 0 radical (unpaired) electrons. The van der Waals surface area contributed by atoms with Gasteiger partial charge >= 0.3 is 11.9 Å². The molecule has 2 unspecified atom stereocenters. The Kier molecular flexibility index (Phi) is 16.4. The molecule has 2 atom stereocenters. The fourth-order valence-electron chi connectivity index (χ4n) is 3.06. The van der Waals surface area contributed by atoms with Crippen molar-refractivity contribution in [3.63, 3.8) is 0 Å². The van der Waals surface area contributed by atoms with Crippen LogP contribution in [-0.4, -0.2) is 90.6 Å². The molecule has 0 aliphatic heterocycles. The van der Waals surface area contributed by atoms with Crippen LogP contribution in [0.25, 0.3) is 0 Å². The van der Waals surface area contributed by atoms with Crippen LogP contribution >= 0.6 is 0 Å². The van der Waals surface area contributed by atoms with Gasteiger partial charge in [0.1, 0.15) is 25.4 Å². The zero-order valence-electron chi connectivity index (χ0n) is 20.5. The highest BCUT2D eigenvalue weighted by Crippen LogP contribution is 2.23. The van der Waals surface area contributed by atoms with E-state index in [1.165, 1.54) is 0 Å². The number of esters is 2. The molecule has 0 aliphatic rings. The minimum Gasteiger partial charge on any atom is -0.460 e. The Morgan fingerprint density at radius 1 is 0.758 bits per heavy atom. The van der Waals surface area contributed by atoms with Crippen molar-refractivity contribution in [3.05, 3.63) is 25.3 Å². The smallest absolute Gasteiger partial charge is 0.330 e. The second kappa shape index (κ2) is 17.1. The quantitative estimate of drug-likeness (QED) is 0.111. The van der Waals surface area contributed by atoms with E-state index in [1.54, 1.807) is 0 Å². The van der Waals surface area contributed by atoms with Crippen molar-refractivity contribution in [1.29, 1.82) is 0 Å². The number of carbonyl (C=O) groups is 2. The average Bonchev–Trinajstić information content (AvgIpc) is 2.74. The van der Waals surface area contributed by atoms with Crippen LogP contribution < -0.4 is 0 Å². The molecule has 0 aliphatic carbocycles. The number of hydrogen-bond acceptors (Lipinski definition) is 9. The van der Waals surface area contributed by atoms with Gasteiger partial charge in [0, 0.05) is 25.4 Å². The van der Waals surface area contributed by atoms with E-state index in [0.29, 0.717) is 13.2 Å². The molecule has 0 fully saturated rings. The summed E-state index contributed by atoms with van der Waals surface area (Å²) < 4.78 is 27.0. The van der Waals surface area contributed by atoms with Crippen molar-refractivity contribution in [2.45, 2.75) is 63.3 Å². The van der Waals surface area contributed by atoms with Gasteiger partial charge in [-0.3, -0.25) is 0 Å². The fraction of sp³-hybridized carbons (Fsp3) is 0.727. The van der Waals surface area contributed by atoms with Crippen LogP contribution in [0.3, 0.4) is 0 Å². The third-order valence-corrected chi connectivity index (χ3v) is 12.0. The first-order valence-corrected chi connectivity index (χ1v) is 17.4. The summed E-state index contributed by atoms with van der Waals surface area (Å²) in [6, 6.07) is 1.88. The normalized spacial score (nSPS) is 13.8. The summed E-state index contributed by atoms with van der Waals surface area (Å²) in [6.45, 7) is 16.4. The number of rotatable bonds is 20. The number of hydrogen-bond donors (Lipinski definition) is 2. The maximum atomic E-state index is 11.0. The van der Waals surface area contributed by atoms with Crippen molar-refractivity contribution < 1.29 is 42.9 Å². The van der Waals surface area contributed by atoms with Gasteiger partial charge in [0.05, 0.1) is 13.2 Å². The third-order valence-electron chi connectivity index (χ3n) is 4.48. The van der Waals surface area contributed by atoms with Crippen molar-refractivity contribution in [3.8, 4) is 0 Å². The van der Waals surface area contributed by atoms with Crippen molar-refractivity contribution in [1.82, 2.24) is 0 Å². The van der Waals surface area contributed by atoms with E-state index >= 15 is 0 Å². The lowest BCUT2D eigenvalue weighted by atomic mass is 10.4. The summed E-state index contributed by atoms with van der Waals surface area (Å²) in [4.78, 5) is 21.9. The minimum absolute atomic E-state index is 0.110. The number of aliphatic hydroxyl groups is 2. The highest BCUT2D eigenvalue weighted by Gasteiger charge is 2.32. The summed E-state index contributed by atoms with van der Waals surface area (Å²) in [5, 5.41) is 19.4. The van der Waals surface area contributed by atoms with Gasteiger partial charge in [-0.05, 0) is 51.1 Å². The summed E-state index contributed by atoms with van der Waals surface area (Å²) in [6.07, 6.45) is 2.06. The lowest BCUT2D eigenvalue weighted by molar-refractivity contribution is -0.142. The molecule has 0 saturated carbocycles. The molecule has 33 heavy (non-hydrogen) atoms. The van der Waals surface area contributed by atoms with Gasteiger partial charge in [-0.15, -0.1) is 0 Å². The lowest BCUT2D eigenvalue weighted by Gasteiger charge is -2.34. The molecule has 0 heterocycles. The van der Waals surface area contributed by atoms with E-state index in [-0.39, 0.29) is 26.4 Å². The summed E-state index contributed by atoms with van der Waals surface area (Å²) in [5.41, 5.74) is 0. The van der Waals surface area contributed by atoms with Crippen LogP contribution in [0.4, 0.5) is 0 Å². The summed E-state index contributed by atoms with van der Waals surface area (Å²) >= 11 is 0. The maximum absolute atomic E-state index is 11.0. The predicted molar refractivity (Wildman–Crippen MR) is 131 cm³/mol. The van der Waals surface area contributed by atoms with E-state index in [2.05, 4.69) is 39.3 Å². The van der Waals surface area contributed by atoms with Crippen LogP contribution in [0, 0.1) is 0 Å². The second-order valence-corrected chi connectivity index (χ2v) is 17.8. The molecule has 0 amide bonds. The molecule has 9 nitrogen and oxygen atoms in total. The molecular weight excluding hydrogens is 464 g/mol. The van der Waals surface area contributed by atoms with Gasteiger partial charge in [0.15, 0.2) is 16.6 Å². The Morgan fingerprint density at radius 2 is 1.12 bits per heavy atom. The molecule has 0 rings (SSSR count). The van der Waals surface area contributed by atoms with Gasteiger partial charge in [-0.25, -0.2) is 9.59 Å². The van der Waals surface area contributed by atoms with Gasteiger partial charge in [0.25, 0.3) is 0 Å². The van der Waals surface area contributed by atoms with Crippen LogP contribution in [-0.2, 0) is 32.7 Å². The Balaban J connectivity index is 3.97. The van der Waals surface area contributed by atoms with E-state index < -0.39 is 40.8 Å². The Labute approximate surface area is 200 Å². The van der Waals surface area contributed by atoms with Crippen molar-refractivity contribution in [2.75, 3.05) is 39.6 Å². The second-order valence-electron chi connectivity index (χ2n) is 8.95. The zero-order chi connectivity index (χ0) is 25.3. The van der Waals surface area contributed by atoms with Gasteiger partial charge in [-0.1, -0.05) is 13.2 Å². The number of ether oxygens (including phenoxy) is 4. The molecule has 0 spiro atoms. The number of aliphatic hydroxyl groups excluding tert-OH is 2. The molecule has 0 aromatic heterocycles. The molecular formula is C22H42O9Si2. The van der Waals surface area contributed by atoms with E-state index in [1.807, 2.05) is 0 Å². The molecule has 11 heteroatoms. The number of carbonyl (C=O) groups excluding carboxylic acids is 2. The molecule has 2 N–H and O–H groups in total. The first-order chi connectivity index (χ1) is 15.4. The topological polar surface area (TPSA) is 121 Å². The van der Waals surface area contributed by atoms with Crippen LogP contribution in [0.2, 0.25) is 38.3 Å². The fourth-order valence-corrected chi connectivity index (χ4v) is 11.9. The maximum Gasteiger partial charge on any atom is 0.330 e.